The molecule has 23 heavy (non-hydrogen) atoms. The molecule has 2 heteroatoms. The Balaban J connectivity index is 1.48. The zero-order chi connectivity index (χ0) is 16.0. The van der Waals surface area contributed by atoms with Crippen LogP contribution in [-0.2, 0) is 11.4 Å². The van der Waals surface area contributed by atoms with E-state index in [2.05, 4.69) is 54.5 Å². The fourth-order valence-corrected chi connectivity index (χ4v) is 3.32. The maximum atomic E-state index is 5.47. The lowest BCUT2D eigenvalue weighted by atomic mass is 9.71. The first-order chi connectivity index (χ1) is 11.3. The van der Waals surface area contributed by atoms with Crippen LogP contribution in [0.15, 0.2) is 65.8 Å². The standard InChI is InChI=1S/C21H25NO/c1-21(17-22-23-16-18-8-4-2-5-9-18)14-12-20(13-15-21)19-10-6-3-7-11-19/h2-11,17,20H,12-16H2,1H3/b22-17+. The van der Waals surface area contributed by atoms with Crippen LogP contribution in [0.4, 0.5) is 0 Å². The van der Waals surface area contributed by atoms with Crippen LogP contribution in [0.1, 0.15) is 49.7 Å². The highest BCUT2D eigenvalue weighted by molar-refractivity contribution is 5.64. The molecule has 1 aliphatic carbocycles. The Labute approximate surface area is 139 Å². The molecule has 3 rings (SSSR count). The number of hydrogen-bond donors (Lipinski definition) is 0. The molecular weight excluding hydrogens is 282 g/mol. The van der Waals surface area contributed by atoms with E-state index < -0.39 is 0 Å². The van der Waals surface area contributed by atoms with Gasteiger partial charge < -0.3 is 4.84 Å². The number of nitrogens with zero attached hydrogens (tertiary/aromatic N) is 1. The SMILES string of the molecule is CC1(/C=N/OCc2ccccc2)CCC(c2ccccc2)CC1. The van der Waals surface area contributed by atoms with Gasteiger partial charge in [-0.15, -0.1) is 0 Å². The van der Waals surface area contributed by atoms with Gasteiger partial charge in [-0.05, 0) is 42.7 Å². The Kier molecular flexibility index (Phi) is 5.12. The molecule has 0 unspecified atom stereocenters. The van der Waals surface area contributed by atoms with Crippen molar-refractivity contribution in [3.05, 3.63) is 71.8 Å². The summed E-state index contributed by atoms with van der Waals surface area (Å²) >= 11 is 0. The lowest BCUT2D eigenvalue weighted by Crippen LogP contribution is -2.25. The first kappa shape index (κ1) is 15.8. The molecule has 0 amide bonds. The number of rotatable bonds is 5. The van der Waals surface area contributed by atoms with Crippen LogP contribution in [0, 0.1) is 5.41 Å². The summed E-state index contributed by atoms with van der Waals surface area (Å²) in [6, 6.07) is 21.1. The van der Waals surface area contributed by atoms with Crippen molar-refractivity contribution < 1.29 is 4.84 Å². The average molecular weight is 307 g/mol. The third-order valence-corrected chi connectivity index (χ3v) is 4.91. The van der Waals surface area contributed by atoms with E-state index in [1.807, 2.05) is 24.4 Å². The third kappa shape index (κ3) is 4.44. The van der Waals surface area contributed by atoms with Crippen LogP contribution in [0.25, 0.3) is 0 Å². The Hall–Kier alpha value is -2.09. The monoisotopic (exact) mass is 307 g/mol. The molecule has 0 radical (unpaired) electrons. The summed E-state index contributed by atoms with van der Waals surface area (Å²) in [5.41, 5.74) is 2.80. The molecule has 2 aromatic rings. The number of benzene rings is 2. The molecule has 0 atom stereocenters. The molecule has 0 N–H and O–H groups in total. The van der Waals surface area contributed by atoms with E-state index in [0.29, 0.717) is 12.5 Å². The highest BCUT2D eigenvalue weighted by Gasteiger charge is 2.30. The summed E-state index contributed by atoms with van der Waals surface area (Å²) in [6.45, 7) is 2.84. The second-order valence-corrected chi connectivity index (χ2v) is 6.83. The molecule has 0 heterocycles. The summed E-state index contributed by atoms with van der Waals surface area (Å²) in [7, 11) is 0. The molecule has 120 valence electrons. The van der Waals surface area contributed by atoms with Crippen LogP contribution in [0.3, 0.4) is 0 Å². The van der Waals surface area contributed by atoms with Gasteiger partial charge in [0.1, 0.15) is 6.61 Å². The topological polar surface area (TPSA) is 21.6 Å². The molecule has 0 bridgehead atoms. The normalized spacial score (nSPS) is 24.7. The van der Waals surface area contributed by atoms with E-state index in [9.17, 15) is 0 Å². The number of hydrogen-bond acceptors (Lipinski definition) is 2. The van der Waals surface area contributed by atoms with Crippen molar-refractivity contribution >= 4 is 6.21 Å². The highest BCUT2D eigenvalue weighted by Crippen LogP contribution is 2.41. The minimum atomic E-state index is 0.169. The van der Waals surface area contributed by atoms with Crippen molar-refractivity contribution in [3.63, 3.8) is 0 Å². The molecule has 0 spiro atoms. The Morgan fingerprint density at radius 1 is 1.00 bits per heavy atom. The van der Waals surface area contributed by atoms with Crippen molar-refractivity contribution in [2.24, 2.45) is 10.6 Å². The summed E-state index contributed by atoms with van der Waals surface area (Å²) in [6.07, 6.45) is 6.82. The lowest BCUT2D eigenvalue weighted by Gasteiger charge is -2.34. The maximum absolute atomic E-state index is 5.47. The largest absolute Gasteiger partial charge is 0.391 e. The van der Waals surface area contributed by atoms with Gasteiger partial charge in [-0.25, -0.2) is 0 Å². The first-order valence-electron chi connectivity index (χ1n) is 8.51. The van der Waals surface area contributed by atoms with Gasteiger partial charge in [-0.1, -0.05) is 72.7 Å². The molecular formula is C21H25NO. The van der Waals surface area contributed by atoms with Gasteiger partial charge in [0.2, 0.25) is 0 Å². The number of oxime groups is 1. The van der Waals surface area contributed by atoms with Gasteiger partial charge in [0, 0.05) is 11.6 Å². The van der Waals surface area contributed by atoms with Gasteiger partial charge in [0.25, 0.3) is 0 Å². The van der Waals surface area contributed by atoms with Crippen LogP contribution in [0.5, 0.6) is 0 Å². The molecule has 2 nitrogen and oxygen atoms in total. The Morgan fingerprint density at radius 2 is 1.61 bits per heavy atom. The molecule has 2 aromatic carbocycles. The van der Waals surface area contributed by atoms with Crippen molar-refractivity contribution in [1.82, 2.24) is 0 Å². The quantitative estimate of drug-likeness (QED) is 0.524. The van der Waals surface area contributed by atoms with Gasteiger partial charge in [-0.2, -0.15) is 0 Å². The predicted molar refractivity (Wildman–Crippen MR) is 95.5 cm³/mol. The Bertz CT molecular complexity index is 613. The minimum absolute atomic E-state index is 0.169. The third-order valence-electron chi connectivity index (χ3n) is 4.91. The summed E-state index contributed by atoms with van der Waals surface area (Å²) in [4.78, 5) is 5.47. The predicted octanol–water partition coefficient (Wildman–Crippen LogP) is 5.55. The van der Waals surface area contributed by atoms with Gasteiger partial charge in [-0.3, -0.25) is 0 Å². The van der Waals surface area contributed by atoms with E-state index >= 15 is 0 Å². The van der Waals surface area contributed by atoms with Crippen molar-refractivity contribution in [2.45, 2.75) is 45.1 Å². The molecule has 0 aliphatic heterocycles. The van der Waals surface area contributed by atoms with E-state index in [-0.39, 0.29) is 5.41 Å². The van der Waals surface area contributed by atoms with Gasteiger partial charge >= 0.3 is 0 Å². The zero-order valence-corrected chi connectivity index (χ0v) is 13.8. The molecule has 1 aliphatic rings. The van der Waals surface area contributed by atoms with Crippen LogP contribution >= 0.6 is 0 Å². The van der Waals surface area contributed by atoms with Crippen molar-refractivity contribution in [2.75, 3.05) is 0 Å². The van der Waals surface area contributed by atoms with Crippen LogP contribution in [0.2, 0.25) is 0 Å². The average Bonchev–Trinajstić information content (AvgIpc) is 2.61. The molecule has 0 saturated heterocycles. The van der Waals surface area contributed by atoms with Crippen LogP contribution < -0.4 is 0 Å². The lowest BCUT2D eigenvalue weighted by molar-refractivity contribution is 0.127. The second-order valence-electron chi connectivity index (χ2n) is 6.83. The van der Waals surface area contributed by atoms with E-state index in [0.717, 1.165) is 5.56 Å². The fraction of sp³-hybridized carbons (Fsp3) is 0.381. The van der Waals surface area contributed by atoms with Crippen molar-refractivity contribution in [3.8, 4) is 0 Å². The summed E-state index contributed by atoms with van der Waals surface area (Å²) in [5.74, 6) is 0.697. The molecule has 1 fully saturated rings. The summed E-state index contributed by atoms with van der Waals surface area (Å²) < 4.78 is 0. The summed E-state index contributed by atoms with van der Waals surface area (Å²) in [5, 5.41) is 4.23. The van der Waals surface area contributed by atoms with E-state index in [1.54, 1.807) is 0 Å². The fourth-order valence-electron chi connectivity index (χ4n) is 3.32. The zero-order valence-electron chi connectivity index (χ0n) is 13.8. The van der Waals surface area contributed by atoms with Gasteiger partial charge in [0.05, 0.1) is 0 Å². The first-order valence-corrected chi connectivity index (χ1v) is 8.51. The van der Waals surface area contributed by atoms with Gasteiger partial charge in [0.15, 0.2) is 0 Å². The van der Waals surface area contributed by atoms with Crippen molar-refractivity contribution in [1.29, 1.82) is 0 Å². The van der Waals surface area contributed by atoms with Crippen LogP contribution in [-0.4, -0.2) is 6.21 Å². The Morgan fingerprint density at radius 3 is 2.26 bits per heavy atom. The van der Waals surface area contributed by atoms with E-state index in [1.165, 1.54) is 31.2 Å². The maximum Gasteiger partial charge on any atom is 0.142 e. The smallest absolute Gasteiger partial charge is 0.142 e. The molecule has 1 saturated carbocycles. The minimum Gasteiger partial charge on any atom is -0.391 e. The second kappa shape index (κ2) is 7.45. The van der Waals surface area contributed by atoms with E-state index in [4.69, 9.17) is 4.84 Å². The molecule has 0 aromatic heterocycles. The highest BCUT2D eigenvalue weighted by atomic mass is 16.6.